The zero-order chi connectivity index (χ0) is 15.6. The van der Waals surface area contributed by atoms with Gasteiger partial charge in [-0.25, -0.2) is 9.18 Å². The zero-order valence-electron chi connectivity index (χ0n) is 11.2. The predicted molar refractivity (Wildman–Crippen MR) is 76.3 cm³/mol. The largest absolute Gasteiger partial charge is 0.478 e. The molecule has 0 radical (unpaired) electrons. The van der Waals surface area contributed by atoms with Crippen LogP contribution < -0.4 is 11.1 Å². The first-order valence-electron chi connectivity index (χ1n) is 6.09. The number of hydrogen-bond acceptors (Lipinski definition) is 3. The van der Waals surface area contributed by atoms with Crippen LogP contribution in [0.1, 0.15) is 26.3 Å². The van der Waals surface area contributed by atoms with Crippen molar-refractivity contribution in [1.82, 2.24) is 0 Å². The van der Waals surface area contributed by atoms with Gasteiger partial charge in [-0.1, -0.05) is 12.1 Å². The lowest BCUT2D eigenvalue weighted by molar-refractivity contribution is 0.0696. The summed E-state index contributed by atoms with van der Waals surface area (Å²) in [6, 6.07) is 8.71. The number of halogens is 1. The van der Waals surface area contributed by atoms with Gasteiger partial charge in [0.25, 0.3) is 5.91 Å². The van der Waals surface area contributed by atoms with Gasteiger partial charge in [0.1, 0.15) is 5.82 Å². The lowest BCUT2D eigenvalue weighted by Crippen LogP contribution is -2.15. The highest BCUT2D eigenvalue weighted by molar-refractivity contribution is 5.99. The van der Waals surface area contributed by atoms with E-state index in [4.69, 9.17) is 10.8 Å². The van der Waals surface area contributed by atoms with E-state index in [0.29, 0.717) is 11.3 Å². The Kier molecular flexibility index (Phi) is 3.89. The van der Waals surface area contributed by atoms with Crippen LogP contribution in [-0.4, -0.2) is 17.0 Å². The van der Waals surface area contributed by atoms with Crippen LogP contribution in [-0.2, 0) is 0 Å². The fraction of sp³-hybridized carbons (Fsp3) is 0.0667. The van der Waals surface area contributed by atoms with Crippen LogP contribution in [0.3, 0.4) is 0 Å². The summed E-state index contributed by atoms with van der Waals surface area (Å²) < 4.78 is 13.6. The van der Waals surface area contributed by atoms with Crippen molar-refractivity contribution in [3.63, 3.8) is 0 Å². The molecule has 0 aliphatic heterocycles. The summed E-state index contributed by atoms with van der Waals surface area (Å²) in [6.07, 6.45) is 0. The third-order valence-electron chi connectivity index (χ3n) is 3.01. The van der Waals surface area contributed by atoms with E-state index in [1.165, 1.54) is 18.2 Å². The van der Waals surface area contributed by atoms with Crippen LogP contribution in [0.5, 0.6) is 0 Å². The number of nitrogens with two attached hydrogens (primary N) is 1. The molecule has 0 aliphatic rings. The SMILES string of the molecule is Cc1ccc(Nc2cccc(F)c2C(N)=O)cc1C(=O)O. The second kappa shape index (κ2) is 5.62. The second-order valence-electron chi connectivity index (χ2n) is 4.49. The summed E-state index contributed by atoms with van der Waals surface area (Å²) in [4.78, 5) is 22.4. The molecule has 0 bridgehead atoms. The number of aryl methyl sites for hydroxylation is 1. The molecule has 0 aromatic heterocycles. The summed E-state index contributed by atoms with van der Waals surface area (Å²) in [7, 11) is 0. The van der Waals surface area contributed by atoms with Crippen LogP contribution in [0, 0.1) is 12.7 Å². The standard InChI is InChI=1S/C15H13FN2O3/c1-8-5-6-9(7-10(8)15(20)21)18-12-4-2-3-11(16)13(12)14(17)19/h2-7,18H,1H3,(H2,17,19)(H,20,21). The fourth-order valence-corrected chi connectivity index (χ4v) is 1.96. The van der Waals surface area contributed by atoms with E-state index < -0.39 is 17.7 Å². The number of anilines is 2. The number of rotatable bonds is 4. The third kappa shape index (κ3) is 3.00. The molecule has 0 heterocycles. The van der Waals surface area contributed by atoms with Crippen LogP contribution in [0.15, 0.2) is 36.4 Å². The molecule has 2 rings (SSSR count). The predicted octanol–water partition coefficient (Wildman–Crippen LogP) is 2.67. The molecule has 0 fully saturated rings. The first-order valence-corrected chi connectivity index (χ1v) is 6.09. The molecular weight excluding hydrogens is 275 g/mol. The molecule has 4 N–H and O–H groups in total. The Morgan fingerprint density at radius 1 is 1.24 bits per heavy atom. The number of nitrogens with one attached hydrogen (secondary N) is 1. The maximum Gasteiger partial charge on any atom is 0.336 e. The van der Waals surface area contributed by atoms with Crippen LogP contribution in [0.25, 0.3) is 0 Å². The van der Waals surface area contributed by atoms with Gasteiger partial charge in [0.2, 0.25) is 0 Å². The first-order chi connectivity index (χ1) is 9.90. The lowest BCUT2D eigenvalue weighted by Gasteiger charge is -2.12. The van der Waals surface area contributed by atoms with E-state index in [-0.39, 0.29) is 16.8 Å². The first kappa shape index (κ1) is 14.5. The highest BCUT2D eigenvalue weighted by atomic mass is 19.1. The van der Waals surface area contributed by atoms with Gasteiger partial charge in [0.05, 0.1) is 16.8 Å². The lowest BCUT2D eigenvalue weighted by atomic mass is 10.1. The van der Waals surface area contributed by atoms with Crippen molar-refractivity contribution >= 4 is 23.3 Å². The van der Waals surface area contributed by atoms with Crippen molar-refractivity contribution in [2.45, 2.75) is 6.92 Å². The highest BCUT2D eigenvalue weighted by Gasteiger charge is 2.15. The van der Waals surface area contributed by atoms with Gasteiger partial charge >= 0.3 is 5.97 Å². The van der Waals surface area contributed by atoms with Crippen molar-refractivity contribution < 1.29 is 19.1 Å². The van der Waals surface area contributed by atoms with Crippen LogP contribution in [0.2, 0.25) is 0 Å². The van der Waals surface area contributed by atoms with E-state index in [2.05, 4.69) is 5.32 Å². The Labute approximate surface area is 120 Å². The number of carboxylic acids is 1. The number of aromatic carboxylic acids is 1. The normalized spacial score (nSPS) is 10.2. The average molecular weight is 288 g/mol. The van der Waals surface area contributed by atoms with Gasteiger partial charge in [-0.3, -0.25) is 4.79 Å². The maximum atomic E-state index is 13.6. The Morgan fingerprint density at radius 2 is 1.95 bits per heavy atom. The highest BCUT2D eigenvalue weighted by Crippen LogP contribution is 2.24. The molecule has 2 aromatic carbocycles. The topological polar surface area (TPSA) is 92.4 Å². The summed E-state index contributed by atoms with van der Waals surface area (Å²) in [5, 5.41) is 11.9. The van der Waals surface area contributed by atoms with Crippen molar-refractivity contribution in [3.05, 3.63) is 58.9 Å². The monoisotopic (exact) mass is 288 g/mol. The zero-order valence-corrected chi connectivity index (χ0v) is 11.2. The maximum absolute atomic E-state index is 13.6. The number of carboxylic acid groups (broad SMARTS) is 1. The fourth-order valence-electron chi connectivity index (χ4n) is 1.96. The molecule has 0 saturated carbocycles. The average Bonchev–Trinajstić information content (AvgIpc) is 2.40. The second-order valence-corrected chi connectivity index (χ2v) is 4.49. The molecule has 0 aliphatic carbocycles. The van der Waals surface area contributed by atoms with E-state index >= 15 is 0 Å². The van der Waals surface area contributed by atoms with Crippen molar-refractivity contribution in [3.8, 4) is 0 Å². The van der Waals surface area contributed by atoms with Crippen molar-refractivity contribution in [2.75, 3.05) is 5.32 Å². The molecular formula is C15H13FN2O3. The molecule has 0 unspecified atom stereocenters. The van der Waals surface area contributed by atoms with Crippen molar-refractivity contribution in [1.29, 1.82) is 0 Å². The summed E-state index contributed by atoms with van der Waals surface area (Å²) in [6.45, 7) is 1.67. The molecule has 0 saturated heterocycles. The Bertz CT molecular complexity index is 729. The van der Waals surface area contributed by atoms with E-state index in [1.54, 1.807) is 19.1 Å². The molecule has 108 valence electrons. The molecule has 6 heteroatoms. The van der Waals surface area contributed by atoms with Gasteiger partial charge in [0.15, 0.2) is 0 Å². The van der Waals surface area contributed by atoms with Crippen LogP contribution in [0.4, 0.5) is 15.8 Å². The van der Waals surface area contributed by atoms with Gasteiger partial charge in [-0.05, 0) is 36.8 Å². The smallest absolute Gasteiger partial charge is 0.336 e. The quantitative estimate of drug-likeness (QED) is 0.806. The minimum Gasteiger partial charge on any atom is -0.478 e. The van der Waals surface area contributed by atoms with E-state index in [1.807, 2.05) is 0 Å². The van der Waals surface area contributed by atoms with Gasteiger partial charge in [-0.2, -0.15) is 0 Å². The Balaban J connectivity index is 2.44. The molecule has 2 aromatic rings. The van der Waals surface area contributed by atoms with Gasteiger partial charge in [-0.15, -0.1) is 0 Å². The third-order valence-corrected chi connectivity index (χ3v) is 3.01. The number of carbonyl (C=O) groups is 2. The number of hydrogen-bond donors (Lipinski definition) is 3. The molecule has 0 spiro atoms. The number of carbonyl (C=O) groups excluding carboxylic acids is 1. The Hall–Kier alpha value is -2.89. The minimum atomic E-state index is -1.06. The van der Waals surface area contributed by atoms with E-state index in [0.717, 1.165) is 6.07 Å². The summed E-state index contributed by atoms with van der Waals surface area (Å²) >= 11 is 0. The number of benzene rings is 2. The van der Waals surface area contributed by atoms with E-state index in [9.17, 15) is 14.0 Å². The van der Waals surface area contributed by atoms with Crippen molar-refractivity contribution in [2.24, 2.45) is 5.73 Å². The number of amides is 1. The summed E-state index contributed by atoms with van der Waals surface area (Å²) in [5.41, 5.74) is 6.22. The molecule has 5 nitrogen and oxygen atoms in total. The Morgan fingerprint density at radius 3 is 2.57 bits per heavy atom. The summed E-state index contributed by atoms with van der Waals surface area (Å²) in [5.74, 6) is -2.70. The van der Waals surface area contributed by atoms with Gasteiger partial charge < -0.3 is 16.2 Å². The molecule has 21 heavy (non-hydrogen) atoms. The minimum absolute atomic E-state index is 0.122. The van der Waals surface area contributed by atoms with Crippen LogP contribution >= 0.6 is 0 Å². The van der Waals surface area contributed by atoms with Gasteiger partial charge in [0, 0.05) is 5.69 Å². The number of primary amides is 1. The molecule has 1 amide bonds. The molecule has 0 atom stereocenters.